The van der Waals surface area contributed by atoms with Crippen molar-refractivity contribution in [3.05, 3.63) is 35.8 Å². The Balaban J connectivity index is 2.52. The maximum atomic E-state index is 6.06. The van der Waals surface area contributed by atoms with E-state index in [1.165, 1.54) is 0 Å². The van der Waals surface area contributed by atoms with Crippen molar-refractivity contribution in [1.29, 1.82) is 0 Å². The van der Waals surface area contributed by atoms with Crippen LogP contribution in [-0.4, -0.2) is 14.4 Å². The number of para-hydroxylation sites is 2. The van der Waals surface area contributed by atoms with Gasteiger partial charge in [0.2, 0.25) is 0 Å². The summed E-state index contributed by atoms with van der Waals surface area (Å²) in [5.41, 5.74) is 9.94. The summed E-state index contributed by atoms with van der Waals surface area (Å²) in [5, 5.41) is 0. The van der Waals surface area contributed by atoms with E-state index in [9.17, 15) is 0 Å². The average Bonchev–Trinajstić information content (AvgIpc) is 2.68. The third kappa shape index (κ3) is 1.45. The van der Waals surface area contributed by atoms with Crippen molar-refractivity contribution in [3.8, 4) is 0 Å². The molecule has 0 aliphatic rings. The Morgan fingerprint density at radius 2 is 2.00 bits per heavy atom. The minimum Gasteiger partial charge on any atom is -0.382 e. The molecule has 0 bridgehead atoms. The first-order chi connectivity index (χ1) is 8.72. The highest BCUT2D eigenvalue weighted by Gasteiger charge is 2.14. The summed E-state index contributed by atoms with van der Waals surface area (Å²) in [5.74, 6) is 1.62. The number of nitrogens with zero attached hydrogens (tertiary/aromatic N) is 3. The van der Waals surface area contributed by atoms with Crippen molar-refractivity contribution >= 4 is 22.4 Å². The molecule has 0 atom stereocenters. The molecular weight excluding hydrogens is 224 g/mol. The SMILES string of the molecule is CCCc1nc(C)c2c(N)nc3ccccc3n12. The number of nitrogen functional groups attached to an aromatic ring is 1. The second-order valence-electron chi connectivity index (χ2n) is 4.53. The van der Waals surface area contributed by atoms with Gasteiger partial charge >= 0.3 is 0 Å². The number of fused-ring (bicyclic) bond motifs is 3. The van der Waals surface area contributed by atoms with Gasteiger partial charge in [0.15, 0.2) is 0 Å². The molecule has 2 N–H and O–H groups in total. The molecule has 0 amide bonds. The molecule has 0 unspecified atom stereocenters. The minimum atomic E-state index is 0.557. The Labute approximate surface area is 105 Å². The quantitative estimate of drug-likeness (QED) is 0.749. The summed E-state index contributed by atoms with van der Waals surface area (Å²) in [6.07, 6.45) is 2.01. The lowest BCUT2D eigenvalue weighted by molar-refractivity contribution is 0.836. The molecule has 0 radical (unpaired) electrons. The molecule has 0 spiro atoms. The third-order valence-electron chi connectivity index (χ3n) is 3.20. The fourth-order valence-electron chi connectivity index (χ4n) is 2.47. The Kier molecular flexibility index (Phi) is 2.44. The Hall–Kier alpha value is -2.10. The summed E-state index contributed by atoms with van der Waals surface area (Å²) in [6.45, 7) is 4.14. The number of anilines is 1. The maximum Gasteiger partial charge on any atom is 0.150 e. The predicted molar refractivity (Wildman–Crippen MR) is 73.6 cm³/mol. The van der Waals surface area contributed by atoms with Crippen LogP contribution in [0.2, 0.25) is 0 Å². The monoisotopic (exact) mass is 240 g/mol. The number of hydrogen-bond acceptors (Lipinski definition) is 3. The highest BCUT2D eigenvalue weighted by atomic mass is 15.1. The lowest BCUT2D eigenvalue weighted by atomic mass is 10.2. The predicted octanol–water partition coefficient (Wildman–Crippen LogP) is 2.73. The number of aromatic nitrogens is 3. The first-order valence-corrected chi connectivity index (χ1v) is 6.24. The standard InChI is InChI=1S/C14H16N4/c1-3-6-12-16-9(2)13-14(15)17-10-7-4-5-8-11(10)18(12)13/h4-5,7-8H,3,6H2,1-2H3,(H2,15,17). The molecule has 1 aromatic carbocycles. The first-order valence-electron chi connectivity index (χ1n) is 6.24. The third-order valence-corrected chi connectivity index (χ3v) is 3.20. The first kappa shape index (κ1) is 11.0. The van der Waals surface area contributed by atoms with Gasteiger partial charge in [0.05, 0.1) is 16.7 Å². The molecule has 4 heteroatoms. The van der Waals surface area contributed by atoms with Crippen molar-refractivity contribution in [1.82, 2.24) is 14.4 Å². The zero-order valence-electron chi connectivity index (χ0n) is 10.6. The molecule has 3 aromatic rings. The molecule has 0 fully saturated rings. The molecule has 2 heterocycles. The van der Waals surface area contributed by atoms with E-state index >= 15 is 0 Å². The van der Waals surface area contributed by atoms with E-state index in [4.69, 9.17) is 5.73 Å². The van der Waals surface area contributed by atoms with Crippen LogP contribution in [0.25, 0.3) is 16.6 Å². The lowest BCUT2D eigenvalue weighted by Crippen LogP contribution is -2.01. The van der Waals surface area contributed by atoms with Crippen LogP contribution in [0.4, 0.5) is 5.82 Å². The molecular formula is C14H16N4. The van der Waals surface area contributed by atoms with Gasteiger partial charge < -0.3 is 5.73 Å². The molecule has 3 rings (SSSR count). The molecule has 0 aliphatic carbocycles. The number of nitrogens with two attached hydrogens (primary N) is 1. The van der Waals surface area contributed by atoms with Crippen LogP contribution < -0.4 is 5.73 Å². The second-order valence-corrected chi connectivity index (χ2v) is 4.53. The van der Waals surface area contributed by atoms with Gasteiger partial charge in [-0.15, -0.1) is 0 Å². The van der Waals surface area contributed by atoms with Gasteiger partial charge in [-0.1, -0.05) is 19.1 Å². The normalized spacial score (nSPS) is 11.4. The summed E-state index contributed by atoms with van der Waals surface area (Å²) >= 11 is 0. The Bertz CT molecular complexity index is 727. The van der Waals surface area contributed by atoms with Crippen molar-refractivity contribution < 1.29 is 0 Å². The maximum absolute atomic E-state index is 6.06. The highest BCUT2D eigenvalue weighted by molar-refractivity contribution is 5.85. The van der Waals surface area contributed by atoms with Gasteiger partial charge in [-0.05, 0) is 25.5 Å². The van der Waals surface area contributed by atoms with Crippen LogP contribution in [0.3, 0.4) is 0 Å². The van der Waals surface area contributed by atoms with E-state index < -0.39 is 0 Å². The second kappa shape index (κ2) is 3.98. The van der Waals surface area contributed by atoms with Crippen LogP contribution in [0, 0.1) is 6.92 Å². The van der Waals surface area contributed by atoms with E-state index in [1.807, 2.05) is 25.1 Å². The topological polar surface area (TPSA) is 56.2 Å². The van der Waals surface area contributed by atoms with Gasteiger partial charge in [0, 0.05) is 6.42 Å². The van der Waals surface area contributed by atoms with Crippen LogP contribution >= 0.6 is 0 Å². The number of hydrogen-bond donors (Lipinski definition) is 1. The van der Waals surface area contributed by atoms with Crippen LogP contribution in [0.15, 0.2) is 24.3 Å². The zero-order chi connectivity index (χ0) is 12.7. The highest BCUT2D eigenvalue weighted by Crippen LogP contribution is 2.24. The van der Waals surface area contributed by atoms with E-state index in [2.05, 4.69) is 27.4 Å². The molecule has 92 valence electrons. The number of benzene rings is 1. The number of rotatable bonds is 2. The van der Waals surface area contributed by atoms with Crippen LogP contribution in [0.5, 0.6) is 0 Å². The molecule has 4 nitrogen and oxygen atoms in total. The van der Waals surface area contributed by atoms with Gasteiger partial charge in [0.25, 0.3) is 0 Å². The molecule has 2 aromatic heterocycles. The summed E-state index contributed by atoms with van der Waals surface area (Å²) in [6, 6.07) is 8.04. The van der Waals surface area contributed by atoms with Gasteiger partial charge in [0.1, 0.15) is 17.2 Å². The summed E-state index contributed by atoms with van der Waals surface area (Å²) < 4.78 is 2.15. The van der Waals surface area contributed by atoms with Gasteiger partial charge in [-0.3, -0.25) is 4.40 Å². The lowest BCUT2D eigenvalue weighted by Gasteiger charge is -2.07. The van der Waals surface area contributed by atoms with Crippen LogP contribution in [0.1, 0.15) is 24.9 Å². The van der Waals surface area contributed by atoms with Gasteiger partial charge in [-0.2, -0.15) is 0 Å². The Morgan fingerprint density at radius 3 is 2.78 bits per heavy atom. The van der Waals surface area contributed by atoms with E-state index in [0.717, 1.165) is 40.9 Å². The fraction of sp³-hybridized carbons (Fsp3) is 0.286. The van der Waals surface area contributed by atoms with Crippen molar-refractivity contribution in [2.75, 3.05) is 5.73 Å². The zero-order valence-corrected chi connectivity index (χ0v) is 10.6. The van der Waals surface area contributed by atoms with Crippen LogP contribution in [-0.2, 0) is 6.42 Å². The minimum absolute atomic E-state index is 0.557. The summed E-state index contributed by atoms with van der Waals surface area (Å²) in [4.78, 5) is 9.09. The Morgan fingerprint density at radius 1 is 1.22 bits per heavy atom. The van der Waals surface area contributed by atoms with Gasteiger partial charge in [-0.25, -0.2) is 9.97 Å². The molecule has 18 heavy (non-hydrogen) atoms. The van der Waals surface area contributed by atoms with E-state index in [0.29, 0.717) is 5.82 Å². The largest absolute Gasteiger partial charge is 0.382 e. The molecule has 0 saturated heterocycles. The van der Waals surface area contributed by atoms with E-state index in [1.54, 1.807) is 0 Å². The summed E-state index contributed by atoms with van der Waals surface area (Å²) in [7, 11) is 0. The van der Waals surface area contributed by atoms with Crippen molar-refractivity contribution in [3.63, 3.8) is 0 Å². The average molecular weight is 240 g/mol. The number of aryl methyl sites for hydroxylation is 2. The molecule has 0 aliphatic heterocycles. The van der Waals surface area contributed by atoms with E-state index in [-0.39, 0.29) is 0 Å². The molecule has 0 saturated carbocycles. The van der Waals surface area contributed by atoms with Crippen molar-refractivity contribution in [2.45, 2.75) is 26.7 Å². The fourth-order valence-corrected chi connectivity index (χ4v) is 2.47. The van der Waals surface area contributed by atoms with Crippen molar-refractivity contribution in [2.24, 2.45) is 0 Å². The number of imidazole rings is 1. The smallest absolute Gasteiger partial charge is 0.150 e.